The molecule has 4 heterocycles. The smallest absolute Gasteiger partial charge is 0.164 e. The van der Waals surface area contributed by atoms with Crippen molar-refractivity contribution in [2.75, 3.05) is 0 Å². The standard InChI is InChI=1S/C19H18ClN3O4/c1-9-12-4-5-23(18(12)22-8-21-9)19-15(25)14(24)17(27-19)16-13-3-2-11(20)6-10(13)7-26-16/h2-6,8,14-17,19,24-25H,7H2,1H3/t14-,15+,16+,17-,19+/m0/s1. The normalized spacial score (nSPS) is 30.1. The molecular formula is C19H18ClN3O4. The van der Waals surface area contributed by atoms with Crippen LogP contribution in [0.2, 0.25) is 5.02 Å². The molecule has 1 fully saturated rings. The van der Waals surface area contributed by atoms with Gasteiger partial charge >= 0.3 is 0 Å². The maximum absolute atomic E-state index is 10.7. The summed E-state index contributed by atoms with van der Waals surface area (Å²) < 4.78 is 13.7. The highest BCUT2D eigenvalue weighted by molar-refractivity contribution is 6.30. The third-order valence-corrected chi connectivity index (χ3v) is 5.62. The Bertz CT molecular complexity index is 1020. The molecular weight excluding hydrogens is 370 g/mol. The van der Waals surface area contributed by atoms with Crippen LogP contribution < -0.4 is 0 Å². The van der Waals surface area contributed by atoms with E-state index >= 15 is 0 Å². The first kappa shape index (κ1) is 17.1. The number of rotatable bonds is 2. The van der Waals surface area contributed by atoms with E-state index in [0.29, 0.717) is 17.3 Å². The minimum Gasteiger partial charge on any atom is -0.387 e. The fourth-order valence-corrected chi connectivity index (χ4v) is 4.18. The summed E-state index contributed by atoms with van der Waals surface area (Å²) in [4.78, 5) is 8.49. The van der Waals surface area contributed by atoms with Gasteiger partial charge in [-0.05, 0) is 36.2 Å². The number of aliphatic hydroxyl groups excluding tert-OH is 2. The van der Waals surface area contributed by atoms with Crippen molar-refractivity contribution >= 4 is 22.6 Å². The highest BCUT2D eigenvalue weighted by Crippen LogP contribution is 2.43. The Morgan fingerprint density at radius 2 is 2.04 bits per heavy atom. The number of fused-ring (bicyclic) bond motifs is 2. The summed E-state index contributed by atoms with van der Waals surface area (Å²) in [5.41, 5.74) is 3.38. The summed E-state index contributed by atoms with van der Waals surface area (Å²) >= 11 is 6.05. The second kappa shape index (κ2) is 6.25. The lowest BCUT2D eigenvalue weighted by atomic mass is 9.97. The summed E-state index contributed by atoms with van der Waals surface area (Å²) in [6.07, 6.45) is -0.875. The van der Waals surface area contributed by atoms with Crippen molar-refractivity contribution in [3.63, 3.8) is 0 Å². The van der Waals surface area contributed by atoms with Gasteiger partial charge in [0, 0.05) is 16.6 Å². The van der Waals surface area contributed by atoms with Gasteiger partial charge in [-0.1, -0.05) is 17.7 Å². The molecule has 2 aliphatic heterocycles. The Hall–Kier alpha value is -2.03. The van der Waals surface area contributed by atoms with E-state index in [9.17, 15) is 10.2 Å². The van der Waals surface area contributed by atoms with Crippen LogP contribution in [0.25, 0.3) is 11.0 Å². The second-order valence-electron chi connectivity index (χ2n) is 6.97. The third-order valence-electron chi connectivity index (χ3n) is 5.39. The van der Waals surface area contributed by atoms with E-state index in [1.807, 2.05) is 25.1 Å². The van der Waals surface area contributed by atoms with Crippen LogP contribution in [0.1, 0.15) is 29.2 Å². The number of ether oxygens (including phenoxy) is 2. The minimum absolute atomic E-state index is 0.396. The zero-order valence-corrected chi connectivity index (χ0v) is 15.2. The van der Waals surface area contributed by atoms with Crippen molar-refractivity contribution in [2.24, 2.45) is 0 Å². The SMILES string of the molecule is Cc1ncnc2c1ccn2[C@@H]1O[C@H]([C@@H]2OCc3cc(Cl)ccc32)[C@@H](O)[C@H]1O. The average Bonchev–Trinajstić information content (AvgIpc) is 3.33. The van der Waals surface area contributed by atoms with E-state index < -0.39 is 30.6 Å². The zero-order valence-electron chi connectivity index (χ0n) is 14.5. The quantitative estimate of drug-likeness (QED) is 0.701. The third kappa shape index (κ3) is 2.58. The zero-order chi connectivity index (χ0) is 18.7. The Labute approximate surface area is 160 Å². The van der Waals surface area contributed by atoms with Gasteiger partial charge in [-0.2, -0.15) is 0 Å². The van der Waals surface area contributed by atoms with Crippen LogP contribution in [-0.2, 0) is 16.1 Å². The molecule has 0 aliphatic carbocycles. The molecule has 0 spiro atoms. The van der Waals surface area contributed by atoms with E-state index in [4.69, 9.17) is 21.1 Å². The molecule has 3 aromatic rings. The molecule has 7 nitrogen and oxygen atoms in total. The number of nitrogens with zero attached hydrogens (tertiary/aromatic N) is 3. The van der Waals surface area contributed by atoms with E-state index in [2.05, 4.69) is 9.97 Å². The van der Waals surface area contributed by atoms with Crippen LogP contribution >= 0.6 is 11.6 Å². The van der Waals surface area contributed by atoms with Crippen molar-refractivity contribution in [1.29, 1.82) is 0 Å². The summed E-state index contributed by atoms with van der Waals surface area (Å²) in [6.45, 7) is 2.29. The predicted molar refractivity (Wildman–Crippen MR) is 97.2 cm³/mol. The molecule has 2 aliphatic rings. The molecule has 0 amide bonds. The van der Waals surface area contributed by atoms with Crippen molar-refractivity contribution in [3.05, 3.63) is 58.6 Å². The van der Waals surface area contributed by atoms with Gasteiger partial charge in [0.1, 0.15) is 36.4 Å². The molecule has 5 rings (SSSR count). The molecule has 2 aromatic heterocycles. The lowest BCUT2D eigenvalue weighted by Gasteiger charge is -2.22. The monoisotopic (exact) mass is 387 g/mol. The summed E-state index contributed by atoms with van der Waals surface area (Å²) in [6, 6.07) is 7.40. The van der Waals surface area contributed by atoms with Crippen LogP contribution in [0.4, 0.5) is 0 Å². The van der Waals surface area contributed by atoms with Crippen LogP contribution in [0.3, 0.4) is 0 Å². The maximum atomic E-state index is 10.7. The van der Waals surface area contributed by atoms with Gasteiger partial charge in [0.25, 0.3) is 0 Å². The van der Waals surface area contributed by atoms with Gasteiger partial charge in [0.05, 0.1) is 12.3 Å². The molecule has 2 N–H and O–H groups in total. The molecule has 27 heavy (non-hydrogen) atoms. The first-order valence-electron chi connectivity index (χ1n) is 8.74. The molecule has 140 valence electrons. The lowest BCUT2D eigenvalue weighted by Crippen LogP contribution is -2.34. The highest BCUT2D eigenvalue weighted by atomic mass is 35.5. The van der Waals surface area contributed by atoms with Crippen molar-refractivity contribution in [3.8, 4) is 0 Å². The number of halogens is 1. The second-order valence-corrected chi connectivity index (χ2v) is 7.40. The van der Waals surface area contributed by atoms with Gasteiger partial charge in [-0.25, -0.2) is 9.97 Å². The summed E-state index contributed by atoms with van der Waals surface area (Å²) in [7, 11) is 0. The van der Waals surface area contributed by atoms with Gasteiger partial charge < -0.3 is 24.3 Å². The molecule has 8 heteroatoms. The Morgan fingerprint density at radius 3 is 2.89 bits per heavy atom. The van der Waals surface area contributed by atoms with Gasteiger partial charge in [0.15, 0.2) is 6.23 Å². The topological polar surface area (TPSA) is 89.6 Å². The number of aliphatic hydroxyl groups is 2. The van der Waals surface area contributed by atoms with Crippen LogP contribution in [-0.4, -0.2) is 43.1 Å². The van der Waals surface area contributed by atoms with E-state index in [1.165, 1.54) is 6.33 Å². The largest absolute Gasteiger partial charge is 0.387 e. The van der Waals surface area contributed by atoms with Crippen molar-refractivity contribution < 1.29 is 19.7 Å². The molecule has 5 atom stereocenters. The van der Waals surface area contributed by atoms with Gasteiger partial charge in [0.2, 0.25) is 0 Å². The van der Waals surface area contributed by atoms with Gasteiger partial charge in [-0.3, -0.25) is 0 Å². The van der Waals surface area contributed by atoms with E-state index in [-0.39, 0.29) is 0 Å². The molecule has 1 saturated heterocycles. The Kier molecular flexibility index (Phi) is 3.96. The molecule has 0 unspecified atom stereocenters. The van der Waals surface area contributed by atoms with Crippen LogP contribution in [0, 0.1) is 6.92 Å². The highest BCUT2D eigenvalue weighted by Gasteiger charge is 2.49. The Balaban J connectivity index is 1.49. The number of aryl methyl sites for hydroxylation is 1. The molecule has 0 radical (unpaired) electrons. The molecule has 0 bridgehead atoms. The lowest BCUT2D eigenvalue weighted by molar-refractivity contribution is -0.104. The van der Waals surface area contributed by atoms with E-state index in [0.717, 1.165) is 22.2 Å². The van der Waals surface area contributed by atoms with E-state index in [1.54, 1.807) is 16.8 Å². The number of hydrogen-bond acceptors (Lipinski definition) is 6. The minimum atomic E-state index is -1.11. The molecule has 1 aromatic carbocycles. The summed E-state index contributed by atoms with van der Waals surface area (Å²) in [5, 5.41) is 22.8. The summed E-state index contributed by atoms with van der Waals surface area (Å²) in [5.74, 6) is 0. The first-order valence-corrected chi connectivity index (χ1v) is 9.12. The van der Waals surface area contributed by atoms with Crippen molar-refractivity contribution in [2.45, 2.75) is 44.2 Å². The van der Waals surface area contributed by atoms with Crippen LogP contribution in [0.15, 0.2) is 36.8 Å². The predicted octanol–water partition coefficient (Wildman–Crippen LogP) is 2.28. The van der Waals surface area contributed by atoms with Crippen LogP contribution in [0.5, 0.6) is 0 Å². The van der Waals surface area contributed by atoms with Gasteiger partial charge in [-0.15, -0.1) is 0 Å². The first-order chi connectivity index (χ1) is 13.0. The number of aromatic nitrogens is 3. The fraction of sp³-hybridized carbons (Fsp3) is 0.368. The maximum Gasteiger partial charge on any atom is 0.164 e. The Morgan fingerprint density at radius 1 is 1.19 bits per heavy atom. The molecule has 0 saturated carbocycles. The number of hydrogen-bond donors (Lipinski definition) is 2. The number of benzene rings is 1. The van der Waals surface area contributed by atoms with Crippen molar-refractivity contribution in [1.82, 2.24) is 14.5 Å². The fourth-order valence-electron chi connectivity index (χ4n) is 3.99. The average molecular weight is 388 g/mol.